The lowest BCUT2D eigenvalue weighted by Crippen LogP contribution is -2.39. The molecule has 1 unspecified atom stereocenters. The fourth-order valence-corrected chi connectivity index (χ4v) is 3.80. The van der Waals surface area contributed by atoms with Crippen molar-refractivity contribution >= 4 is 28.4 Å². The normalized spacial score (nSPS) is 15.2. The molecule has 1 aliphatic rings. The first-order valence-electron chi connectivity index (χ1n) is 9.78. The third-order valence-corrected chi connectivity index (χ3v) is 5.24. The van der Waals surface area contributed by atoms with Crippen LogP contribution in [-0.4, -0.2) is 30.1 Å². The third-order valence-electron chi connectivity index (χ3n) is 5.24. The van der Waals surface area contributed by atoms with Crippen molar-refractivity contribution in [2.24, 2.45) is 0 Å². The van der Waals surface area contributed by atoms with Gasteiger partial charge in [0.1, 0.15) is 23.1 Å². The number of fused-ring (bicyclic) bond motifs is 3. The number of ether oxygens (including phenoxy) is 1. The molecule has 0 fully saturated rings. The highest BCUT2D eigenvalue weighted by atomic mass is 16.5. The highest BCUT2D eigenvalue weighted by Crippen LogP contribution is 2.37. The molecule has 2 N–H and O–H groups in total. The van der Waals surface area contributed by atoms with E-state index < -0.39 is 17.9 Å². The molecule has 28 heavy (non-hydrogen) atoms. The first kappa shape index (κ1) is 20.0. The molecule has 2 aromatic rings. The van der Waals surface area contributed by atoms with Crippen LogP contribution in [0.2, 0.25) is 0 Å². The Morgan fingerprint density at radius 3 is 2.75 bits per heavy atom. The summed E-state index contributed by atoms with van der Waals surface area (Å²) in [6, 6.07) is 3.00. The molecule has 0 bridgehead atoms. The van der Waals surface area contributed by atoms with Crippen molar-refractivity contribution in [3.8, 4) is 5.75 Å². The predicted molar refractivity (Wildman–Crippen MR) is 108 cm³/mol. The molecule has 1 atom stereocenters. The van der Waals surface area contributed by atoms with Gasteiger partial charge in [0.15, 0.2) is 0 Å². The number of benzene rings is 1. The molecule has 1 amide bonds. The van der Waals surface area contributed by atoms with E-state index in [4.69, 9.17) is 9.15 Å². The summed E-state index contributed by atoms with van der Waals surface area (Å²) in [6.07, 6.45) is 6.73. The van der Waals surface area contributed by atoms with Gasteiger partial charge in [-0.15, -0.1) is 0 Å². The van der Waals surface area contributed by atoms with Crippen molar-refractivity contribution in [3.05, 3.63) is 35.1 Å². The van der Waals surface area contributed by atoms with Crippen LogP contribution in [0, 0.1) is 0 Å². The van der Waals surface area contributed by atoms with Crippen LogP contribution in [0.1, 0.15) is 56.4 Å². The van der Waals surface area contributed by atoms with E-state index >= 15 is 0 Å². The average molecular weight is 385 g/mol. The van der Waals surface area contributed by atoms with Crippen molar-refractivity contribution in [3.63, 3.8) is 0 Å². The van der Waals surface area contributed by atoms with Crippen LogP contribution >= 0.6 is 0 Å². The van der Waals surface area contributed by atoms with Gasteiger partial charge >= 0.3 is 5.97 Å². The number of carbonyl (C=O) groups excluding carboxylic acids is 1. The lowest BCUT2D eigenvalue weighted by molar-refractivity contribution is -0.141. The first-order valence-corrected chi connectivity index (χ1v) is 9.78. The van der Waals surface area contributed by atoms with Gasteiger partial charge < -0.3 is 19.6 Å². The van der Waals surface area contributed by atoms with Gasteiger partial charge in [-0.1, -0.05) is 13.3 Å². The number of methoxy groups -OCH3 is 1. The van der Waals surface area contributed by atoms with E-state index in [9.17, 15) is 14.7 Å². The molecule has 6 heteroatoms. The summed E-state index contributed by atoms with van der Waals surface area (Å²) in [5.41, 5.74) is 3.57. The fraction of sp³-hybridized carbons (Fsp3) is 0.455. The van der Waals surface area contributed by atoms with Crippen molar-refractivity contribution < 1.29 is 23.8 Å². The van der Waals surface area contributed by atoms with Gasteiger partial charge in [-0.2, -0.15) is 0 Å². The van der Waals surface area contributed by atoms with Crippen LogP contribution in [0.25, 0.3) is 16.5 Å². The molecule has 0 saturated heterocycles. The summed E-state index contributed by atoms with van der Waals surface area (Å²) < 4.78 is 11.5. The maximum absolute atomic E-state index is 12.4. The minimum Gasteiger partial charge on any atom is -0.496 e. The van der Waals surface area contributed by atoms with Crippen LogP contribution < -0.4 is 10.1 Å². The molecular formula is C22H27NO5. The van der Waals surface area contributed by atoms with Gasteiger partial charge in [-0.3, -0.25) is 4.79 Å². The zero-order valence-corrected chi connectivity index (χ0v) is 16.6. The number of furan rings is 1. The Kier molecular flexibility index (Phi) is 6.07. The molecule has 0 saturated carbocycles. The Balaban J connectivity index is 1.93. The van der Waals surface area contributed by atoms with Gasteiger partial charge in [0.05, 0.1) is 7.11 Å². The summed E-state index contributed by atoms with van der Waals surface area (Å²) in [5.74, 6) is 0.229. The van der Waals surface area contributed by atoms with E-state index in [0.29, 0.717) is 24.2 Å². The Morgan fingerprint density at radius 1 is 1.32 bits per heavy atom. The number of hydrogen-bond donors (Lipinski definition) is 2. The maximum atomic E-state index is 12.4. The third kappa shape index (κ3) is 4.06. The standard InChI is InChI=1S/C22H27NO5/c1-4-7-17(22(25)26)23-21(24)10-13(2)15-11-16-14-8-5-6-9-18(14)28-20(16)12-19(15)27-3/h10-12,17H,4-9H2,1-3H3,(H,23,24)(H,25,26)/b13-10+. The van der Waals surface area contributed by atoms with Crippen molar-refractivity contribution in [2.45, 2.75) is 58.4 Å². The second-order valence-electron chi connectivity index (χ2n) is 7.27. The number of aryl methyl sites for hydroxylation is 2. The van der Waals surface area contributed by atoms with Crippen molar-refractivity contribution in [1.82, 2.24) is 5.32 Å². The van der Waals surface area contributed by atoms with Crippen LogP contribution in [0.4, 0.5) is 0 Å². The molecular weight excluding hydrogens is 358 g/mol. The van der Waals surface area contributed by atoms with Crippen LogP contribution in [0.5, 0.6) is 5.75 Å². The predicted octanol–water partition coefficient (Wildman–Crippen LogP) is 4.09. The molecule has 0 radical (unpaired) electrons. The number of rotatable bonds is 7. The number of carbonyl (C=O) groups is 2. The van der Waals surface area contributed by atoms with Gasteiger partial charge in [-0.05, 0) is 44.2 Å². The smallest absolute Gasteiger partial charge is 0.326 e. The summed E-state index contributed by atoms with van der Waals surface area (Å²) in [6.45, 7) is 3.71. The van der Waals surface area contributed by atoms with E-state index in [2.05, 4.69) is 5.32 Å². The van der Waals surface area contributed by atoms with E-state index in [0.717, 1.165) is 48.0 Å². The van der Waals surface area contributed by atoms with E-state index in [1.807, 2.05) is 26.0 Å². The van der Waals surface area contributed by atoms with Gasteiger partial charge in [0.25, 0.3) is 0 Å². The lowest BCUT2D eigenvalue weighted by atomic mass is 9.94. The number of carboxylic acids is 1. The number of amides is 1. The summed E-state index contributed by atoms with van der Waals surface area (Å²) >= 11 is 0. The van der Waals surface area contributed by atoms with Gasteiger partial charge in [0, 0.05) is 35.1 Å². The fourth-order valence-electron chi connectivity index (χ4n) is 3.80. The second-order valence-corrected chi connectivity index (χ2v) is 7.27. The molecule has 0 aliphatic heterocycles. The molecule has 0 spiro atoms. The Morgan fingerprint density at radius 2 is 2.07 bits per heavy atom. The van der Waals surface area contributed by atoms with Gasteiger partial charge in [-0.25, -0.2) is 4.79 Å². The summed E-state index contributed by atoms with van der Waals surface area (Å²) in [4.78, 5) is 23.6. The monoisotopic (exact) mass is 385 g/mol. The first-order chi connectivity index (χ1) is 13.4. The number of aliphatic carboxylic acids is 1. The summed E-state index contributed by atoms with van der Waals surface area (Å²) in [7, 11) is 1.59. The molecule has 150 valence electrons. The van der Waals surface area contributed by atoms with E-state index in [1.165, 1.54) is 11.6 Å². The average Bonchev–Trinajstić information content (AvgIpc) is 3.03. The van der Waals surface area contributed by atoms with Crippen molar-refractivity contribution in [2.75, 3.05) is 7.11 Å². The highest BCUT2D eigenvalue weighted by Gasteiger charge is 2.21. The largest absolute Gasteiger partial charge is 0.496 e. The van der Waals surface area contributed by atoms with Crippen LogP contribution in [0.3, 0.4) is 0 Å². The zero-order valence-electron chi connectivity index (χ0n) is 16.6. The Bertz CT molecular complexity index is 925. The Hall–Kier alpha value is -2.76. The number of hydrogen-bond acceptors (Lipinski definition) is 4. The van der Waals surface area contributed by atoms with E-state index in [1.54, 1.807) is 7.11 Å². The summed E-state index contributed by atoms with van der Waals surface area (Å²) in [5, 5.41) is 12.9. The topological polar surface area (TPSA) is 88.8 Å². The number of carboxylic acid groups (broad SMARTS) is 1. The molecule has 1 aliphatic carbocycles. The quantitative estimate of drug-likeness (QED) is 0.701. The second kappa shape index (κ2) is 8.50. The molecule has 1 aromatic heterocycles. The zero-order chi connectivity index (χ0) is 20.3. The number of allylic oxidation sites excluding steroid dienone is 1. The molecule has 1 heterocycles. The Labute approximate surface area is 164 Å². The molecule has 3 rings (SSSR count). The van der Waals surface area contributed by atoms with E-state index in [-0.39, 0.29) is 0 Å². The van der Waals surface area contributed by atoms with Crippen LogP contribution in [-0.2, 0) is 22.4 Å². The maximum Gasteiger partial charge on any atom is 0.326 e. The lowest BCUT2D eigenvalue weighted by Gasteiger charge is -2.13. The molecule has 6 nitrogen and oxygen atoms in total. The van der Waals surface area contributed by atoms with Crippen LogP contribution in [0.15, 0.2) is 22.6 Å². The minimum atomic E-state index is -1.02. The number of nitrogens with one attached hydrogen (secondary N) is 1. The molecule has 1 aromatic carbocycles. The SMILES string of the molecule is CCCC(NC(=O)/C=C(\C)c1cc2c3c(oc2cc1OC)CCCC3)C(=O)O. The van der Waals surface area contributed by atoms with Gasteiger partial charge in [0.2, 0.25) is 5.91 Å². The van der Waals surface area contributed by atoms with Crippen molar-refractivity contribution in [1.29, 1.82) is 0 Å². The minimum absolute atomic E-state index is 0.393. The highest BCUT2D eigenvalue weighted by molar-refractivity contribution is 5.99.